The van der Waals surface area contributed by atoms with E-state index >= 15 is 0 Å². The number of benzene rings is 7. The van der Waals surface area contributed by atoms with Gasteiger partial charge in [-0.05, 0) is 131 Å². The molecule has 5 heteroatoms. The average Bonchev–Trinajstić information content (AvgIpc) is 3.82. The number of rotatable bonds is 7. The van der Waals surface area contributed by atoms with Gasteiger partial charge in [-0.1, -0.05) is 132 Å². The molecule has 0 aliphatic carbocycles. The van der Waals surface area contributed by atoms with Gasteiger partial charge in [-0.15, -0.1) is 0 Å². The predicted octanol–water partition coefficient (Wildman–Crippen LogP) is 15.8. The normalized spacial score (nSPS) is 13.0. The number of nitrogens with zero attached hydrogens (tertiary/aromatic N) is 4. The number of para-hydroxylation sites is 3. The molecule has 0 spiro atoms. The molecule has 3 heterocycles. The second-order valence-corrected chi connectivity index (χ2v) is 19.2. The number of aromatic nitrogens is 2. The first-order valence-corrected chi connectivity index (χ1v) is 22.0. The second-order valence-electron chi connectivity index (χ2n) is 19.2. The highest BCUT2D eigenvalue weighted by molar-refractivity contribution is 6.09. The molecular formula is C58H54N4O. The summed E-state index contributed by atoms with van der Waals surface area (Å²) in [6.45, 7) is 18.5. The smallest absolute Gasteiger partial charge is 0.137 e. The lowest BCUT2D eigenvalue weighted by Gasteiger charge is -2.26. The molecule has 2 aromatic heterocycles. The molecule has 0 saturated heterocycles. The summed E-state index contributed by atoms with van der Waals surface area (Å²) in [7, 11) is 0. The first-order chi connectivity index (χ1) is 30.3. The first kappa shape index (κ1) is 40.0. The molecule has 63 heavy (non-hydrogen) atoms. The molecule has 10 rings (SSSR count). The van der Waals surface area contributed by atoms with Gasteiger partial charge in [-0.25, -0.2) is 4.98 Å². The fourth-order valence-corrected chi connectivity index (χ4v) is 9.16. The van der Waals surface area contributed by atoms with Gasteiger partial charge in [0.1, 0.15) is 24.0 Å². The van der Waals surface area contributed by atoms with Gasteiger partial charge in [0.05, 0.1) is 22.4 Å². The molecule has 0 N–H and O–H groups in total. The molecule has 0 unspecified atom stereocenters. The van der Waals surface area contributed by atoms with E-state index in [9.17, 15) is 0 Å². The zero-order valence-corrected chi connectivity index (χ0v) is 37.6. The molecule has 0 saturated carbocycles. The minimum absolute atomic E-state index is 0.0108. The van der Waals surface area contributed by atoms with Crippen LogP contribution in [0.15, 0.2) is 170 Å². The number of pyridine rings is 1. The van der Waals surface area contributed by atoms with E-state index in [0.717, 1.165) is 50.8 Å². The molecular weight excluding hydrogens is 769 g/mol. The van der Waals surface area contributed by atoms with Gasteiger partial charge in [0, 0.05) is 40.5 Å². The van der Waals surface area contributed by atoms with Crippen LogP contribution < -0.4 is 14.5 Å². The maximum Gasteiger partial charge on any atom is 0.137 e. The zero-order chi connectivity index (χ0) is 43.6. The third kappa shape index (κ3) is 7.63. The van der Waals surface area contributed by atoms with Crippen molar-refractivity contribution in [1.29, 1.82) is 0 Å². The molecule has 0 fully saturated rings. The SMILES string of the molecule is Cc1cc(C)cc(-c2cc(-c3ccccc3)cc(N3CN(c4cc(Oc5ccc6c7ccccc7n(-c7cc(C(C)(C)C)ccn7)c6c5)cc(C(C)(C)C)c4)c4ccccc43)c2)c1. The molecule has 0 amide bonds. The van der Waals surface area contributed by atoms with Crippen molar-refractivity contribution in [2.45, 2.75) is 66.2 Å². The number of anilines is 4. The lowest BCUT2D eigenvalue weighted by Crippen LogP contribution is -2.24. The van der Waals surface area contributed by atoms with Crippen molar-refractivity contribution in [2.75, 3.05) is 16.5 Å². The van der Waals surface area contributed by atoms with Gasteiger partial charge in [0.15, 0.2) is 0 Å². The summed E-state index contributed by atoms with van der Waals surface area (Å²) in [6, 6.07) is 59.5. The Kier molecular flexibility index (Phi) is 9.75. The summed E-state index contributed by atoms with van der Waals surface area (Å²) >= 11 is 0. The summed E-state index contributed by atoms with van der Waals surface area (Å²) in [6.07, 6.45) is 1.93. The second kappa shape index (κ2) is 15.4. The zero-order valence-electron chi connectivity index (χ0n) is 37.6. The molecule has 0 atom stereocenters. The topological polar surface area (TPSA) is 33.5 Å². The van der Waals surface area contributed by atoms with Crippen molar-refractivity contribution in [3.63, 3.8) is 0 Å². The number of ether oxygens (including phenoxy) is 1. The Labute approximate surface area is 371 Å². The first-order valence-electron chi connectivity index (χ1n) is 22.0. The van der Waals surface area contributed by atoms with Crippen LogP contribution in [0.3, 0.4) is 0 Å². The van der Waals surface area contributed by atoms with Crippen LogP contribution in [0.25, 0.3) is 49.9 Å². The third-order valence-electron chi connectivity index (χ3n) is 12.4. The number of hydrogen-bond donors (Lipinski definition) is 0. The molecule has 0 radical (unpaired) electrons. The number of aryl methyl sites for hydroxylation is 2. The highest BCUT2D eigenvalue weighted by atomic mass is 16.5. The van der Waals surface area contributed by atoms with E-state index in [-0.39, 0.29) is 10.8 Å². The fourth-order valence-electron chi connectivity index (χ4n) is 9.16. The molecule has 1 aliphatic rings. The van der Waals surface area contributed by atoms with Crippen LogP contribution in [0.1, 0.15) is 63.8 Å². The third-order valence-corrected chi connectivity index (χ3v) is 12.4. The molecule has 1 aliphatic heterocycles. The van der Waals surface area contributed by atoms with Gasteiger partial charge in [-0.3, -0.25) is 4.57 Å². The molecule has 5 nitrogen and oxygen atoms in total. The van der Waals surface area contributed by atoms with Crippen LogP contribution in [0.4, 0.5) is 22.7 Å². The minimum Gasteiger partial charge on any atom is -0.457 e. The maximum absolute atomic E-state index is 6.96. The van der Waals surface area contributed by atoms with Crippen LogP contribution in [-0.2, 0) is 10.8 Å². The molecule has 0 bridgehead atoms. The van der Waals surface area contributed by atoms with Crippen molar-refractivity contribution in [2.24, 2.45) is 0 Å². The number of fused-ring (bicyclic) bond motifs is 4. The van der Waals surface area contributed by atoms with Gasteiger partial charge >= 0.3 is 0 Å². The highest BCUT2D eigenvalue weighted by Crippen LogP contribution is 2.48. The molecule has 9 aromatic rings. The van der Waals surface area contributed by atoms with Crippen LogP contribution in [0.5, 0.6) is 11.5 Å². The quantitative estimate of drug-likeness (QED) is 0.160. The van der Waals surface area contributed by atoms with Gasteiger partial charge < -0.3 is 14.5 Å². The van der Waals surface area contributed by atoms with E-state index in [1.165, 1.54) is 55.6 Å². The highest BCUT2D eigenvalue weighted by Gasteiger charge is 2.30. The summed E-state index contributed by atoms with van der Waals surface area (Å²) in [5, 5.41) is 2.35. The Morgan fingerprint density at radius 3 is 1.76 bits per heavy atom. The Balaban J connectivity index is 1.06. The summed E-state index contributed by atoms with van der Waals surface area (Å²) < 4.78 is 9.24. The largest absolute Gasteiger partial charge is 0.457 e. The van der Waals surface area contributed by atoms with E-state index in [0.29, 0.717) is 6.67 Å². The Hall–Kier alpha value is -7.11. The Bertz CT molecular complexity index is 3160. The standard InChI is InChI=1S/C58H54N4O/c1-38-26-39(2)28-41(27-38)43-29-42(40-16-10-9-11-17-40)30-46(31-43)60-37-61(54-21-15-14-20-53(54)60)47-32-45(58(6,7)8)33-49(35-47)63-48-22-23-51-50-18-12-13-19-52(50)62(55(51)36-48)56-34-44(24-25-59-56)57(3,4)5/h9-36H,37H2,1-8H3. The monoisotopic (exact) mass is 822 g/mol. The van der Waals surface area contributed by atoms with Crippen molar-refractivity contribution in [3.8, 4) is 39.6 Å². The summed E-state index contributed by atoms with van der Waals surface area (Å²) in [5.41, 5.74) is 16.4. The van der Waals surface area contributed by atoms with Gasteiger partial charge in [-0.2, -0.15) is 0 Å². The predicted molar refractivity (Wildman–Crippen MR) is 265 cm³/mol. The number of hydrogen-bond acceptors (Lipinski definition) is 4. The summed E-state index contributed by atoms with van der Waals surface area (Å²) in [5.74, 6) is 2.47. The Morgan fingerprint density at radius 1 is 0.460 bits per heavy atom. The minimum atomic E-state index is -0.127. The summed E-state index contributed by atoms with van der Waals surface area (Å²) in [4.78, 5) is 9.79. The van der Waals surface area contributed by atoms with E-state index in [1.54, 1.807) is 0 Å². The van der Waals surface area contributed by atoms with Gasteiger partial charge in [0.2, 0.25) is 0 Å². The van der Waals surface area contributed by atoms with Crippen molar-refractivity contribution < 1.29 is 4.74 Å². The maximum atomic E-state index is 6.96. The molecule has 7 aromatic carbocycles. The lowest BCUT2D eigenvalue weighted by atomic mass is 9.86. The van der Waals surface area contributed by atoms with Crippen LogP contribution in [0, 0.1) is 13.8 Å². The van der Waals surface area contributed by atoms with Crippen molar-refractivity contribution >= 4 is 44.6 Å². The van der Waals surface area contributed by atoms with Crippen molar-refractivity contribution in [3.05, 3.63) is 192 Å². The average molecular weight is 823 g/mol. The molecule has 312 valence electrons. The van der Waals surface area contributed by atoms with E-state index < -0.39 is 0 Å². The lowest BCUT2D eigenvalue weighted by molar-refractivity contribution is 0.479. The fraction of sp³-hybridized carbons (Fsp3) is 0.190. The van der Waals surface area contributed by atoms with Crippen LogP contribution in [0.2, 0.25) is 0 Å². The van der Waals surface area contributed by atoms with Gasteiger partial charge in [0.25, 0.3) is 0 Å². The van der Waals surface area contributed by atoms with Crippen molar-refractivity contribution in [1.82, 2.24) is 9.55 Å². The van der Waals surface area contributed by atoms with E-state index in [4.69, 9.17) is 9.72 Å². The van der Waals surface area contributed by atoms with Crippen LogP contribution >= 0.6 is 0 Å². The van der Waals surface area contributed by atoms with E-state index in [2.05, 4.69) is 234 Å². The van der Waals surface area contributed by atoms with Crippen LogP contribution in [-0.4, -0.2) is 16.2 Å². The van der Waals surface area contributed by atoms with E-state index in [1.807, 2.05) is 6.20 Å². The Morgan fingerprint density at radius 2 is 1.06 bits per heavy atom.